The van der Waals surface area contributed by atoms with Gasteiger partial charge in [0.1, 0.15) is 5.75 Å². The number of nitrogens with zero attached hydrogens (tertiary/aromatic N) is 5. The molecule has 0 spiro atoms. The maximum atomic E-state index is 12.6. The molecule has 0 bridgehead atoms. The van der Waals surface area contributed by atoms with Crippen LogP contribution in [0.25, 0.3) is 11.2 Å². The molecule has 134 valence electrons. The van der Waals surface area contributed by atoms with Gasteiger partial charge < -0.3 is 21.5 Å². The molecule has 0 radical (unpaired) electrons. The number of phenolic OH excluding ortho intramolecular Hbond substituents is 1. The number of carbonyl (C=O) groups excluding carboxylic acids is 1. The summed E-state index contributed by atoms with van der Waals surface area (Å²) in [6.07, 6.45) is 2.64. The molecule has 0 fully saturated rings. The highest BCUT2D eigenvalue weighted by Gasteiger charge is 2.17. The second-order valence-corrected chi connectivity index (χ2v) is 5.75. The minimum atomic E-state index is -0.0541. The lowest BCUT2D eigenvalue weighted by Gasteiger charge is -2.22. The van der Waals surface area contributed by atoms with Crippen molar-refractivity contribution in [1.82, 2.24) is 19.9 Å². The van der Waals surface area contributed by atoms with Gasteiger partial charge in [0.05, 0.1) is 18.4 Å². The van der Waals surface area contributed by atoms with E-state index >= 15 is 0 Å². The maximum absolute atomic E-state index is 12.6. The lowest BCUT2D eigenvalue weighted by molar-refractivity contribution is -0.118. The van der Waals surface area contributed by atoms with Crippen molar-refractivity contribution < 1.29 is 9.90 Å². The topological polar surface area (TPSA) is 144 Å². The van der Waals surface area contributed by atoms with Crippen LogP contribution in [0.3, 0.4) is 0 Å². The van der Waals surface area contributed by atoms with Gasteiger partial charge >= 0.3 is 0 Å². The molecular weight excluding hydrogens is 334 g/mol. The van der Waals surface area contributed by atoms with E-state index in [1.165, 1.54) is 18.3 Å². The summed E-state index contributed by atoms with van der Waals surface area (Å²) in [5, 5.41) is 9.48. The zero-order chi connectivity index (χ0) is 18.7. The van der Waals surface area contributed by atoms with E-state index in [2.05, 4.69) is 19.9 Å². The van der Waals surface area contributed by atoms with Crippen LogP contribution in [0.5, 0.6) is 5.75 Å². The predicted octanol–water partition coefficient (Wildman–Crippen LogP) is 1.62. The Morgan fingerprint density at radius 3 is 2.58 bits per heavy atom. The first kappa shape index (κ1) is 17.3. The van der Waals surface area contributed by atoms with Gasteiger partial charge in [-0.15, -0.1) is 0 Å². The summed E-state index contributed by atoms with van der Waals surface area (Å²) in [6, 6.07) is 6.41. The molecule has 9 heteroatoms. The number of nitrogens with two attached hydrogens (primary N) is 2. The lowest BCUT2D eigenvalue weighted by atomic mass is 10.2. The number of carbonyl (C=O) groups is 1. The Morgan fingerprint density at radius 2 is 1.88 bits per heavy atom. The average Bonchev–Trinajstić information content (AvgIpc) is 2.61. The van der Waals surface area contributed by atoms with Gasteiger partial charge in [-0.2, -0.15) is 9.97 Å². The van der Waals surface area contributed by atoms with Crippen LogP contribution in [-0.4, -0.2) is 30.9 Å². The highest BCUT2D eigenvalue weighted by Crippen LogP contribution is 2.22. The number of phenols is 1. The number of fused-ring (bicyclic) bond motifs is 1. The van der Waals surface area contributed by atoms with Gasteiger partial charge in [-0.25, -0.2) is 9.97 Å². The smallest absolute Gasteiger partial charge is 0.227 e. The number of rotatable bonds is 5. The lowest BCUT2D eigenvalue weighted by Crippen LogP contribution is -2.30. The molecule has 0 atom stereocenters. The van der Waals surface area contributed by atoms with E-state index < -0.39 is 0 Å². The molecule has 2 aromatic heterocycles. The Hall–Kier alpha value is -3.49. The third-order valence-corrected chi connectivity index (χ3v) is 3.75. The van der Waals surface area contributed by atoms with Crippen molar-refractivity contribution in [3.8, 4) is 5.75 Å². The van der Waals surface area contributed by atoms with E-state index in [9.17, 15) is 9.90 Å². The fourth-order valence-corrected chi connectivity index (χ4v) is 2.53. The third-order valence-electron chi connectivity index (χ3n) is 3.75. The van der Waals surface area contributed by atoms with Crippen molar-refractivity contribution in [2.24, 2.45) is 0 Å². The third kappa shape index (κ3) is 3.61. The zero-order valence-corrected chi connectivity index (χ0v) is 14.3. The normalized spacial score (nSPS) is 10.8. The van der Waals surface area contributed by atoms with Gasteiger partial charge in [0.25, 0.3) is 0 Å². The van der Waals surface area contributed by atoms with Gasteiger partial charge in [0.15, 0.2) is 17.0 Å². The maximum Gasteiger partial charge on any atom is 0.227 e. The van der Waals surface area contributed by atoms with E-state index in [0.29, 0.717) is 29.0 Å². The Kier molecular flexibility index (Phi) is 4.78. The highest BCUT2D eigenvalue weighted by atomic mass is 16.3. The van der Waals surface area contributed by atoms with Crippen molar-refractivity contribution in [2.75, 3.05) is 16.4 Å². The number of benzene rings is 1. The molecule has 3 rings (SSSR count). The van der Waals surface area contributed by atoms with Gasteiger partial charge in [0.2, 0.25) is 11.9 Å². The van der Waals surface area contributed by atoms with Crippen molar-refractivity contribution in [1.29, 1.82) is 0 Å². The SMILES string of the molecule is CCCC(=O)N(Cc1cnc2nc(N)nc(N)c2n1)c1ccc(O)cc1. The zero-order valence-electron chi connectivity index (χ0n) is 14.3. The molecule has 0 aliphatic carbocycles. The second-order valence-electron chi connectivity index (χ2n) is 5.75. The number of amides is 1. The standard InChI is InChI=1S/C17H19N7O2/c1-2-3-13(26)24(11-4-6-12(25)7-5-11)9-10-8-20-16-14(21-10)15(18)22-17(19)23-16/h4-8,25H,2-3,9H2,1H3,(H4,18,19,20,22,23). The first-order valence-electron chi connectivity index (χ1n) is 8.12. The summed E-state index contributed by atoms with van der Waals surface area (Å²) in [4.78, 5) is 30.7. The van der Waals surface area contributed by atoms with Crippen LogP contribution in [0.2, 0.25) is 0 Å². The summed E-state index contributed by atoms with van der Waals surface area (Å²) in [6.45, 7) is 2.14. The Bertz CT molecular complexity index is 944. The van der Waals surface area contributed by atoms with E-state index in [1.807, 2.05) is 6.92 Å². The van der Waals surface area contributed by atoms with Gasteiger partial charge in [-0.1, -0.05) is 6.92 Å². The van der Waals surface area contributed by atoms with E-state index in [-0.39, 0.29) is 30.0 Å². The predicted molar refractivity (Wildman–Crippen MR) is 98.2 cm³/mol. The van der Waals surface area contributed by atoms with E-state index in [0.717, 1.165) is 6.42 Å². The largest absolute Gasteiger partial charge is 0.508 e. The summed E-state index contributed by atoms with van der Waals surface area (Å²) in [5.74, 6) is 0.241. The number of nitrogen functional groups attached to an aromatic ring is 2. The van der Waals surface area contributed by atoms with Gasteiger partial charge in [-0.05, 0) is 30.7 Å². The molecule has 0 saturated carbocycles. The Balaban J connectivity index is 1.97. The molecule has 0 aliphatic heterocycles. The molecule has 5 N–H and O–H groups in total. The molecular formula is C17H19N7O2. The monoisotopic (exact) mass is 353 g/mol. The van der Waals surface area contributed by atoms with Gasteiger partial charge in [-0.3, -0.25) is 4.79 Å². The van der Waals surface area contributed by atoms with Crippen molar-refractivity contribution in [2.45, 2.75) is 26.3 Å². The summed E-state index contributed by atoms with van der Waals surface area (Å²) in [7, 11) is 0. The summed E-state index contributed by atoms with van der Waals surface area (Å²) < 4.78 is 0. The van der Waals surface area contributed by atoms with Crippen LogP contribution >= 0.6 is 0 Å². The Morgan fingerprint density at radius 1 is 1.15 bits per heavy atom. The van der Waals surface area contributed by atoms with Crippen molar-refractivity contribution in [3.05, 3.63) is 36.2 Å². The van der Waals surface area contributed by atoms with Crippen molar-refractivity contribution in [3.63, 3.8) is 0 Å². The molecule has 0 aliphatic rings. The summed E-state index contributed by atoms with van der Waals surface area (Å²) >= 11 is 0. The quantitative estimate of drug-likeness (QED) is 0.627. The highest BCUT2D eigenvalue weighted by molar-refractivity contribution is 5.93. The van der Waals surface area contributed by atoms with Crippen LogP contribution < -0.4 is 16.4 Å². The minimum Gasteiger partial charge on any atom is -0.508 e. The molecule has 1 amide bonds. The number of hydrogen-bond donors (Lipinski definition) is 3. The number of anilines is 3. The molecule has 2 heterocycles. The number of aromatic hydroxyl groups is 1. The van der Waals surface area contributed by atoms with E-state index in [4.69, 9.17) is 11.5 Å². The van der Waals surface area contributed by atoms with Crippen molar-refractivity contribution >= 4 is 34.5 Å². The fraction of sp³-hybridized carbons (Fsp3) is 0.235. The molecule has 3 aromatic rings. The first-order chi connectivity index (χ1) is 12.5. The van der Waals surface area contributed by atoms with Crippen LogP contribution in [0, 0.1) is 0 Å². The number of hydrogen-bond acceptors (Lipinski definition) is 8. The Labute approximate surface area is 149 Å². The molecule has 1 aromatic carbocycles. The van der Waals surface area contributed by atoms with Crippen LogP contribution in [0.4, 0.5) is 17.5 Å². The van der Waals surface area contributed by atoms with Crippen LogP contribution in [0.1, 0.15) is 25.5 Å². The average molecular weight is 353 g/mol. The minimum absolute atomic E-state index is 0.0286. The first-order valence-corrected chi connectivity index (χ1v) is 8.12. The summed E-state index contributed by atoms with van der Waals surface area (Å²) in [5.41, 5.74) is 13.2. The van der Waals surface area contributed by atoms with Crippen LogP contribution in [-0.2, 0) is 11.3 Å². The molecule has 9 nitrogen and oxygen atoms in total. The molecule has 0 unspecified atom stereocenters. The second kappa shape index (κ2) is 7.18. The van der Waals surface area contributed by atoms with E-state index in [1.54, 1.807) is 17.0 Å². The fourth-order valence-electron chi connectivity index (χ4n) is 2.53. The number of aromatic nitrogens is 4. The van der Waals surface area contributed by atoms with Crippen LogP contribution in [0.15, 0.2) is 30.5 Å². The molecule has 26 heavy (non-hydrogen) atoms. The molecule has 0 saturated heterocycles. The van der Waals surface area contributed by atoms with Gasteiger partial charge in [0, 0.05) is 12.1 Å².